The molecule has 0 amide bonds. The molecule has 6 heteroatoms. The van der Waals surface area contributed by atoms with E-state index in [4.69, 9.17) is 0 Å². The first kappa shape index (κ1) is 13.7. The van der Waals surface area contributed by atoms with Crippen LogP contribution in [0.2, 0.25) is 0 Å². The summed E-state index contributed by atoms with van der Waals surface area (Å²) < 4.78 is 1.50. The zero-order chi connectivity index (χ0) is 15.0. The molecule has 102 valence electrons. The molecule has 1 N–H and O–H groups in total. The van der Waals surface area contributed by atoms with Crippen molar-refractivity contribution in [3.63, 3.8) is 0 Å². The average Bonchev–Trinajstić information content (AvgIpc) is 2.63. The highest BCUT2D eigenvalue weighted by Crippen LogP contribution is 2.22. The van der Waals surface area contributed by atoms with E-state index in [0.717, 1.165) is 5.69 Å². The van der Waals surface area contributed by atoms with Crippen LogP contribution >= 0.6 is 0 Å². The molecule has 0 bridgehead atoms. The van der Waals surface area contributed by atoms with Crippen molar-refractivity contribution in [1.29, 1.82) is 5.26 Å². The lowest BCUT2D eigenvalue weighted by atomic mass is 10.1. The van der Waals surface area contributed by atoms with Crippen LogP contribution in [0.4, 0.5) is 0 Å². The Morgan fingerprint density at radius 3 is 2.45 bits per heavy atom. The molecule has 0 radical (unpaired) electrons. The smallest absolute Gasteiger partial charge is 0.339 e. The van der Waals surface area contributed by atoms with E-state index in [1.54, 1.807) is 26.8 Å². The minimum absolute atomic E-state index is 0.168. The molecule has 0 unspecified atom stereocenters. The third kappa shape index (κ3) is 2.03. The topological polar surface area (TPSA) is 91.8 Å². The molecule has 0 saturated heterocycles. The van der Waals surface area contributed by atoms with Gasteiger partial charge in [-0.05, 0) is 33.8 Å². The number of carbonyl (C=O) groups is 1. The predicted octanol–water partition coefficient (Wildman–Crippen LogP) is 2.07. The maximum atomic E-state index is 11.2. The monoisotopic (exact) mass is 270 g/mol. The van der Waals surface area contributed by atoms with Crippen LogP contribution < -0.4 is 0 Å². The van der Waals surface area contributed by atoms with E-state index < -0.39 is 5.97 Å². The molecule has 2 aromatic heterocycles. The van der Waals surface area contributed by atoms with E-state index in [1.807, 2.05) is 6.92 Å². The largest absolute Gasteiger partial charge is 0.478 e. The van der Waals surface area contributed by atoms with E-state index in [0.29, 0.717) is 28.3 Å². The molecule has 0 atom stereocenters. The Balaban J connectivity index is 2.80. The first-order chi connectivity index (χ1) is 9.36. The maximum absolute atomic E-state index is 11.2. The molecule has 0 aliphatic rings. The van der Waals surface area contributed by atoms with E-state index in [1.165, 1.54) is 4.68 Å². The summed E-state index contributed by atoms with van der Waals surface area (Å²) in [4.78, 5) is 15.5. The van der Waals surface area contributed by atoms with Crippen LogP contribution in [0.15, 0.2) is 6.07 Å². The van der Waals surface area contributed by atoms with Gasteiger partial charge in [-0.15, -0.1) is 0 Å². The third-order valence-electron chi connectivity index (χ3n) is 3.15. The molecule has 6 nitrogen and oxygen atoms in total. The van der Waals surface area contributed by atoms with Crippen LogP contribution in [0, 0.1) is 39.0 Å². The normalized spacial score (nSPS) is 10.3. The first-order valence-corrected chi connectivity index (χ1v) is 6.05. The molecule has 0 aliphatic heterocycles. The number of carboxylic acids is 1. The predicted molar refractivity (Wildman–Crippen MR) is 72.0 cm³/mol. The molecule has 0 aliphatic carbocycles. The lowest BCUT2D eigenvalue weighted by molar-refractivity contribution is 0.0695. The highest BCUT2D eigenvalue weighted by Gasteiger charge is 2.21. The van der Waals surface area contributed by atoms with E-state index in [9.17, 15) is 15.2 Å². The van der Waals surface area contributed by atoms with Crippen LogP contribution in [0.1, 0.15) is 38.7 Å². The van der Waals surface area contributed by atoms with Crippen molar-refractivity contribution in [2.45, 2.75) is 27.7 Å². The number of rotatable bonds is 2. The van der Waals surface area contributed by atoms with Crippen molar-refractivity contribution in [3.05, 3.63) is 40.0 Å². The Morgan fingerprint density at radius 2 is 1.95 bits per heavy atom. The van der Waals surface area contributed by atoms with E-state index in [-0.39, 0.29) is 5.56 Å². The fourth-order valence-electron chi connectivity index (χ4n) is 2.30. The highest BCUT2D eigenvalue weighted by atomic mass is 16.4. The maximum Gasteiger partial charge on any atom is 0.339 e. The number of nitrogens with zero attached hydrogens (tertiary/aromatic N) is 4. The molecule has 2 rings (SSSR count). The SMILES string of the molecule is Cc1cc(-n2nc(C)c(C(=O)O)c2C)c(C#N)c(C)n1. The van der Waals surface area contributed by atoms with Gasteiger partial charge in [-0.3, -0.25) is 4.98 Å². The minimum Gasteiger partial charge on any atom is -0.478 e. The first-order valence-electron chi connectivity index (χ1n) is 6.05. The van der Waals surface area contributed by atoms with Gasteiger partial charge in [0.2, 0.25) is 0 Å². The standard InChI is InChI=1S/C14H14N4O2/c1-7-5-12(11(6-15)8(2)16-7)18-10(4)13(14(19)20)9(3)17-18/h5H,1-4H3,(H,19,20). The molecular formula is C14H14N4O2. The molecule has 2 heterocycles. The van der Waals surface area contributed by atoms with Gasteiger partial charge in [-0.1, -0.05) is 0 Å². The van der Waals surface area contributed by atoms with Crippen molar-refractivity contribution >= 4 is 5.97 Å². The Kier molecular flexibility index (Phi) is 3.28. The van der Waals surface area contributed by atoms with Crippen molar-refractivity contribution < 1.29 is 9.90 Å². The van der Waals surface area contributed by atoms with Gasteiger partial charge in [0.25, 0.3) is 0 Å². The summed E-state index contributed by atoms with van der Waals surface area (Å²) >= 11 is 0. The van der Waals surface area contributed by atoms with Gasteiger partial charge in [0, 0.05) is 5.69 Å². The van der Waals surface area contributed by atoms with Crippen LogP contribution in [-0.2, 0) is 0 Å². The summed E-state index contributed by atoms with van der Waals surface area (Å²) in [6.45, 7) is 6.88. The van der Waals surface area contributed by atoms with Gasteiger partial charge in [0.15, 0.2) is 0 Å². The van der Waals surface area contributed by atoms with E-state index >= 15 is 0 Å². The number of carboxylic acid groups (broad SMARTS) is 1. The number of aromatic nitrogens is 3. The Hall–Kier alpha value is -2.68. The van der Waals surface area contributed by atoms with Gasteiger partial charge < -0.3 is 5.11 Å². The Bertz CT molecular complexity index is 754. The second-order valence-electron chi connectivity index (χ2n) is 4.62. The third-order valence-corrected chi connectivity index (χ3v) is 3.15. The molecule has 2 aromatic rings. The summed E-state index contributed by atoms with van der Waals surface area (Å²) in [5.41, 5.74) is 3.40. The quantitative estimate of drug-likeness (QED) is 0.901. The lowest BCUT2D eigenvalue weighted by Crippen LogP contribution is -2.07. The second kappa shape index (κ2) is 4.78. The molecular weight excluding hydrogens is 256 g/mol. The average molecular weight is 270 g/mol. The van der Waals surface area contributed by atoms with Crippen molar-refractivity contribution in [2.75, 3.05) is 0 Å². The number of nitriles is 1. The fourth-order valence-corrected chi connectivity index (χ4v) is 2.30. The summed E-state index contributed by atoms with van der Waals surface area (Å²) in [7, 11) is 0. The second-order valence-corrected chi connectivity index (χ2v) is 4.62. The number of aryl methyl sites for hydroxylation is 3. The van der Waals surface area contributed by atoms with Gasteiger partial charge in [0.1, 0.15) is 11.6 Å². The lowest BCUT2D eigenvalue weighted by Gasteiger charge is -2.09. The summed E-state index contributed by atoms with van der Waals surface area (Å²) in [6.07, 6.45) is 0. The van der Waals surface area contributed by atoms with Crippen LogP contribution in [0.3, 0.4) is 0 Å². The summed E-state index contributed by atoms with van der Waals surface area (Å²) in [5.74, 6) is -1.02. The van der Waals surface area contributed by atoms with Crippen molar-refractivity contribution in [3.8, 4) is 11.8 Å². The van der Waals surface area contributed by atoms with E-state index in [2.05, 4.69) is 16.2 Å². The Labute approximate surface area is 116 Å². The van der Waals surface area contributed by atoms with Crippen LogP contribution in [0.25, 0.3) is 5.69 Å². The van der Waals surface area contributed by atoms with Gasteiger partial charge in [0.05, 0.1) is 28.3 Å². The number of hydrogen-bond donors (Lipinski definition) is 1. The van der Waals surface area contributed by atoms with Gasteiger partial charge >= 0.3 is 5.97 Å². The number of pyridine rings is 1. The summed E-state index contributed by atoms with van der Waals surface area (Å²) in [5, 5.41) is 22.7. The fraction of sp³-hybridized carbons (Fsp3) is 0.286. The van der Waals surface area contributed by atoms with Crippen LogP contribution in [-0.4, -0.2) is 25.8 Å². The Morgan fingerprint density at radius 1 is 1.30 bits per heavy atom. The molecule has 0 aromatic carbocycles. The molecule has 20 heavy (non-hydrogen) atoms. The van der Waals surface area contributed by atoms with Crippen molar-refractivity contribution in [2.24, 2.45) is 0 Å². The molecule has 0 spiro atoms. The highest BCUT2D eigenvalue weighted by molar-refractivity contribution is 5.90. The summed E-state index contributed by atoms with van der Waals surface area (Å²) in [6, 6.07) is 3.84. The number of hydrogen-bond acceptors (Lipinski definition) is 4. The van der Waals surface area contributed by atoms with Crippen molar-refractivity contribution in [1.82, 2.24) is 14.8 Å². The van der Waals surface area contributed by atoms with Gasteiger partial charge in [-0.25, -0.2) is 9.48 Å². The zero-order valence-electron chi connectivity index (χ0n) is 11.7. The molecule has 0 fully saturated rings. The minimum atomic E-state index is -1.02. The number of aromatic carboxylic acids is 1. The van der Waals surface area contributed by atoms with Crippen LogP contribution in [0.5, 0.6) is 0 Å². The zero-order valence-corrected chi connectivity index (χ0v) is 11.7. The van der Waals surface area contributed by atoms with Gasteiger partial charge in [-0.2, -0.15) is 10.4 Å². The molecule has 0 saturated carbocycles.